The molecule has 6 heteroatoms. The number of carbonyl (C=O) groups is 1. The third-order valence-electron chi connectivity index (χ3n) is 3.82. The Hall–Kier alpha value is -1.44. The van der Waals surface area contributed by atoms with Gasteiger partial charge in [0.1, 0.15) is 5.54 Å². The summed E-state index contributed by atoms with van der Waals surface area (Å²) in [6.07, 6.45) is 3.23. The molecule has 1 saturated carbocycles. The first kappa shape index (κ1) is 15.9. The van der Waals surface area contributed by atoms with Crippen molar-refractivity contribution in [3.63, 3.8) is 0 Å². The summed E-state index contributed by atoms with van der Waals surface area (Å²) in [7, 11) is 0. The van der Waals surface area contributed by atoms with Crippen molar-refractivity contribution in [2.75, 3.05) is 5.32 Å². The summed E-state index contributed by atoms with van der Waals surface area (Å²) in [5.74, 6) is 0.600. The van der Waals surface area contributed by atoms with Gasteiger partial charge in [-0.15, -0.1) is 0 Å². The number of carbonyl (C=O) groups excluding carboxylic acids is 1. The Kier molecular flexibility index (Phi) is 4.97. The third-order valence-corrected chi connectivity index (χ3v) is 4.25. The first-order valence-corrected chi connectivity index (χ1v) is 7.64. The number of nitrogens with zero attached hydrogens (tertiary/aromatic N) is 1. The number of nitriles is 1. The molecule has 2 rings (SSSR count). The van der Waals surface area contributed by atoms with E-state index in [0.717, 1.165) is 12.8 Å². The number of rotatable bonds is 2. The number of urea groups is 1. The van der Waals surface area contributed by atoms with E-state index in [1.54, 1.807) is 18.2 Å². The molecule has 4 nitrogen and oxygen atoms in total. The molecule has 0 unspecified atom stereocenters. The topological polar surface area (TPSA) is 64.9 Å². The van der Waals surface area contributed by atoms with Crippen LogP contribution in [0.3, 0.4) is 0 Å². The molecule has 2 N–H and O–H groups in total. The maximum Gasteiger partial charge on any atom is 0.320 e. The summed E-state index contributed by atoms with van der Waals surface area (Å²) >= 11 is 11.8. The highest BCUT2D eigenvalue weighted by Gasteiger charge is 2.35. The molecule has 1 aromatic carbocycles. The fourth-order valence-corrected chi connectivity index (χ4v) is 3.05. The highest BCUT2D eigenvalue weighted by Crippen LogP contribution is 2.31. The maximum atomic E-state index is 12.1. The lowest BCUT2D eigenvalue weighted by Crippen LogP contribution is -2.51. The van der Waals surface area contributed by atoms with Crippen LogP contribution in [0.5, 0.6) is 0 Å². The van der Waals surface area contributed by atoms with E-state index >= 15 is 0 Å². The number of nitrogens with one attached hydrogen (secondary N) is 2. The van der Waals surface area contributed by atoms with Gasteiger partial charge in [-0.1, -0.05) is 30.1 Å². The Bertz CT molecular complexity index is 555. The van der Waals surface area contributed by atoms with Crippen molar-refractivity contribution >= 4 is 34.9 Å². The Balaban J connectivity index is 2.02. The average molecular weight is 326 g/mol. The molecule has 0 aliphatic heterocycles. The van der Waals surface area contributed by atoms with E-state index in [4.69, 9.17) is 23.2 Å². The predicted molar refractivity (Wildman–Crippen MR) is 84.6 cm³/mol. The van der Waals surface area contributed by atoms with Gasteiger partial charge >= 0.3 is 6.03 Å². The van der Waals surface area contributed by atoms with Crippen molar-refractivity contribution < 1.29 is 4.79 Å². The lowest BCUT2D eigenvalue weighted by Gasteiger charge is -2.34. The smallest absolute Gasteiger partial charge is 0.319 e. The van der Waals surface area contributed by atoms with Crippen LogP contribution in [0.1, 0.15) is 32.6 Å². The summed E-state index contributed by atoms with van der Waals surface area (Å²) in [6.45, 7) is 2.16. The zero-order valence-corrected chi connectivity index (χ0v) is 13.3. The standard InChI is InChI=1S/C15H17Cl2N3O/c1-10-2-4-15(9-18,5-3-10)20-14(21)19-13-7-11(16)6-12(17)8-13/h6-8,10H,2-5H2,1H3,(H2,19,20,21). The molecular weight excluding hydrogens is 309 g/mol. The van der Waals surface area contributed by atoms with Gasteiger partial charge in [-0.25, -0.2) is 4.79 Å². The number of amides is 2. The molecule has 112 valence electrons. The van der Waals surface area contributed by atoms with Crippen LogP contribution in [0, 0.1) is 17.2 Å². The second-order valence-corrected chi connectivity index (χ2v) is 6.49. The molecule has 0 atom stereocenters. The Morgan fingerprint density at radius 2 is 1.86 bits per heavy atom. The summed E-state index contributed by atoms with van der Waals surface area (Å²) in [6, 6.07) is 6.64. The highest BCUT2D eigenvalue weighted by atomic mass is 35.5. The van der Waals surface area contributed by atoms with Crippen LogP contribution in [-0.4, -0.2) is 11.6 Å². The molecule has 0 radical (unpaired) electrons. The first-order valence-electron chi connectivity index (χ1n) is 6.89. The third kappa shape index (κ3) is 4.26. The molecule has 21 heavy (non-hydrogen) atoms. The van der Waals surface area contributed by atoms with Gasteiger partial charge < -0.3 is 10.6 Å². The zero-order chi connectivity index (χ0) is 15.5. The van der Waals surface area contributed by atoms with Gasteiger partial charge in [0, 0.05) is 15.7 Å². The molecule has 0 heterocycles. The van der Waals surface area contributed by atoms with Gasteiger partial charge in [-0.05, 0) is 49.8 Å². The number of benzene rings is 1. The fourth-order valence-electron chi connectivity index (χ4n) is 2.53. The Morgan fingerprint density at radius 1 is 1.29 bits per heavy atom. The maximum absolute atomic E-state index is 12.1. The van der Waals surface area contributed by atoms with Gasteiger partial charge in [0.25, 0.3) is 0 Å². The van der Waals surface area contributed by atoms with Crippen LogP contribution in [0.4, 0.5) is 10.5 Å². The molecule has 1 aliphatic rings. The Morgan fingerprint density at radius 3 is 2.38 bits per heavy atom. The average Bonchev–Trinajstić information content (AvgIpc) is 2.40. The quantitative estimate of drug-likeness (QED) is 0.835. The largest absolute Gasteiger partial charge is 0.320 e. The van der Waals surface area contributed by atoms with E-state index in [2.05, 4.69) is 23.6 Å². The van der Waals surface area contributed by atoms with Gasteiger partial charge in [0.2, 0.25) is 0 Å². The van der Waals surface area contributed by atoms with Crippen LogP contribution in [-0.2, 0) is 0 Å². The number of hydrogen-bond donors (Lipinski definition) is 2. The van der Waals surface area contributed by atoms with E-state index in [-0.39, 0.29) is 0 Å². The summed E-state index contributed by atoms with van der Waals surface area (Å²) in [5, 5.41) is 15.7. The molecule has 0 aromatic heterocycles. The lowest BCUT2D eigenvalue weighted by atomic mass is 9.78. The lowest BCUT2D eigenvalue weighted by molar-refractivity contribution is 0.222. The predicted octanol–water partition coefficient (Wildman–Crippen LogP) is 4.59. The minimum atomic E-state index is -0.779. The monoisotopic (exact) mass is 325 g/mol. The molecule has 1 fully saturated rings. The van der Waals surface area contributed by atoms with Gasteiger partial charge in [0.05, 0.1) is 6.07 Å². The van der Waals surface area contributed by atoms with E-state index in [1.807, 2.05) is 0 Å². The van der Waals surface area contributed by atoms with Crippen molar-refractivity contribution in [1.29, 1.82) is 5.26 Å². The Labute approximate surface area is 134 Å². The molecule has 1 aliphatic carbocycles. The molecule has 2 amide bonds. The van der Waals surface area contributed by atoms with Gasteiger partial charge in [-0.2, -0.15) is 5.26 Å². The summed E-state index contributed by atoms with van der Waals surface area (Å²) in [4.78, 5) is 12.1. The normalized spacial score (nSPS) is 25.0. The minimum absolute atomic E-state index is 0.413. The molecule has 0 spiro atoms. The first-order chi connectivity index (χ1) is 9.92. The van der Waals surface area contributed by atoms with Crippen molar-refractivity contribution in [2.45, 2.75) is 38.1 Å². The second-order valence-electron chi connectivity index (χ2n) is 5.61. The number of hydrogen-bond acceptors (Lipinski definition) is 2. The van der Waals surface area contributed by atoms with Crippen LogP contribution in [0.25, 0.3) is 0 Å². The molecular formula is C15H17Cl2N3O. The number of halogens is 2. The fraction of sp³-hybridized carbons (Fsp3) is 0.467. The molecule has 0 saturated heterocycles. The van der Waals surface area contributed by atoms with Crippen LogP contribution in [0.15, 0.2) is 18.2 Å². The van der Waals surface area contributed by atoms with E-state index in [9.17, 15) is 10.1 Å². The molecule has 0 bridgehead atoms. The van der Waals surface area contributed by atoms with Crippen molar-refractivity contribution in [3.05, 3.63) is 28.2 Å². The highest BCUT2D eigenvalue weighted by molar-refractivity contribution is 6.35. The van der Waals surface area contributed by atoms with Gasteiger partial charge in [0.15, 0.2) is 0 Å². The van der Waals surface area contributed by atoms with E-state index < -0.39 is 11.6 Å². The minimum Gasteiger partial charge on any atom is -0.319 e. The van der Waals surface area contributed by atoms with Crippen LogP contribution < -0.4 is 10.6 Å². The summed E-state index contributed by atoms with van der Waals surface area (Å²) < 4.78 is 0. The van der Waals surface area contributed by atoms with E-state index in [0.29, 0.717) is 34.5 Å². The van der Waals surface area contributed by atoms with Crippen LogP contribution >= 0.6 is 23.2 Å². The second kappa shape index (κ2) is 6.55. The van der Waals surface area contributed by atoms with Crippen molar-refractivity contribution in [1.82, 2.24) is 5.32 Å². The SMILES string of the molecule is CC1CCC(C#N)(NC(=O)Nc2cc(Cl)cc(Cl)c2)CC1. The molecule has 1 aromatic rings. The zero-order valence-electron chi connectivity index (χ0n) is 11.7. The van der Waals surface area contributed by atoms with Crippen molar-refractivity contribution in [3.8, 4) is 6.07 Å². The summed E-state index contributed by atoms with van der Waals surface area (Å²) in [5.41, 5.74) is -0.277. The van der Waals surface area contributed by atoms with Crippen molar-refractivity contribution in [2.24, 2.45) is 5.92 Å². The number of anilines is 1. The van der Waals surface area contributed by atoms with Gasteiger partial charge in [-0.3, -0.25) is 0 Å². The van der Waals surface area contributed by atoms with E-state index in [1.165, 1.54) is 0 Å². The van der Waals surface area contributed by atoms with Crippen LogP contribution in [0.2, 0.25) is 10.0 Å².